The summed E-state index contributed by atoms with van der Waals surface area (Å²) in [7, 11) is 0. The van der Waals surface area contributed by atoms with Crippen molar-refractivity contribution >= 4 is 23.1 Å². The van der Waals surface area contributed by atoms with Crippen molar-refractivity contribution in [1.82, 2.24) is 4.98 Å². The lowest BCUT2D eigenvalue weighted by Crippen LogP contribution is -1.99. The van der Waals surface area contributed by atoms with Crippen LogP contribution < -0.4 is 10.1 Å². The Morgan fingerprint density at radius 3 is 2.94 bits per heavy atom. The molecule has 0 fully saturated rings. The van der Waals surface area contributed by atoms with Gasteiger partial charge in [0, 0.05) is 11.9 Å². The van der Waals surface area contributed by atoms with Crippen molar-refractivity contribution in [3.05, 3.63) is 47.4 Å². The van der Waals surface area contributed by atoms with Crippen LogP contribution in [0, 0.1) is 5.82 Å². The van der Waals surface area contributed by atoms with Crippen molar-refractivity contribution in [3.8, 4) is 5.75 Å². The molecule has 0 radical (unpaired) electrons. The van der Waals surface area contributed by atoms with Gasteiger partial charge < -0.3 is 10.1 Å². The molecule has 1 aromatic carbocycles. The Labute approximate surface area is 110 Å². The number of anilines is 2. The molecule has 0 spiro atoms. The van der Waals surface area contributed by atoms with E-state index in [4.69, 9.17) is 16.3 Å². The first kappa shape index (κ1) is 12.6. The van der Waals surface area contributed by atoms with Gasteiger partial charge in [0.15, 0.2) is 11.6 Å². The topological polar surface area (TPSA) is 34.1 Å². The maximum Gasteiger partial charge on any atom is 0.173 e. The Morgan fingerprint density at radius 1 is 1.39 bits per heavy atom. The minimum absolute atomic E-state index is 0.0638. The van der Waals surface area contributed by atoms with E-state index in [2.05, 4.69) is 10.3 Å². The quantitative estimate of drug-likeness (QED) is 0.908. The molecule has 0 unspecified atom stereocenters. The maximum atomic E-state index is 13.0. The highest BCUT2D eigenvalue weighted by Crippen LogP contribution is 2.27. The van der Waals surface area contributed by atoms with Crippen LogP contribution in [0.15, 0.2) is 36.5 Å². The smallest absolute Gasteiger partial charge is 0.173 e. The number of nitrogens with zero attached hydrogens (tertiary/aromatic N) is 1. The number of ether oxygens (including phenoxy) is 1. The Hall–Kier alpha value is -1.81. The minimum atomic E-state index is -0.451. The first-order chi connectivity index (χ1) is 8.70. The van der Waals surface area contributed by atoms with Gasteiger partial charge in [0.05, 0.1) is 11.6 Å². The van der Waals surface area contributed by atoms with Crippen molar-refractivity contribution < 1.29 is 9.13 Å². The fraction of sp³-hybridized carbons (Fsp3) is 0.154. The van der Waals surface area contributed by atoms with Gasteiger partial charge in [0.1, 0.15) is 5.82 Å². The molecule has 1 N–H and O–H groups in total. The lowest BCUT2D eigenvalue weighted by molar-refractivity contribution is 0.341. The first-order valence-electron chi connectivity index (χ1n) is 5.50. The molecule has 18 heavy (non-hydrogen) atoms. The van der Waals surface area contributed by atoms with E-state index in [1.165, 1.54) is 12.1 Å². The van der Waals surface area contributed by atoms with E-state index in [0.717, 1.165) is 0 Å². The summed E-state index contributed by atoms with van der Waals surface area (Å²) in [5.74, 6) is 0.760. The highest BCUT2D eigenvalue weighted by molar-refractivity contribution is 6.31. The molecular weight excluding hydrogens is 255 g/mol. The van der Waals surface area contributed by atoms with Crippen LogP contribution in [-0.2, 0) is 0 Å². The molecule has 3 nitrogen and oxygen atoms in total. The van der Waals surface area contributed by atoms with Crippen LogP contribution in [0.1, 0.15) is 6.92 Å². The molecule has 0 atom stereocenters. The molecule has 0 amide bonds. The maximum absolute atomic E-state index is 13.0. The number of halogens is 2. The van der Waals surface area contributed by atoms with E-state index < -0.39 is 5.82 Å². The minimum Gasteiger partial charge on any atom is -0.490 e. The van der Waals surface area contributed by atoms with Crippen molar-refractivity contribution in [2.45, 2.75) is 6.92 Å². The Morgan fingerprint density at radius 2 is 2.22 bits per heavy atom. The molecule has 0 saturated heterocycles. The van der Waals surface area contributed by atoms with Crippen LogP contribution in [0.3, 0.4) is 0 Å². The van der Waals surface area contributed by atoms with Crippen LogP contribution in [0.5, 0.6) is 5.75 Å². The normalized spacial score (nSPS) is 10.2. The molecular formula is C13H12ClFN2O. The number of rotatable bonds is 4. The van der Waals surface area contributed by atoms with E-state index in [-0.39, 0.29) is 5.02 Å². The van der Waals surface area contributed by atoms with Gasteiger partial charge in [0.25, 0.3) is 0 Å². The van der Waals surface area contributed by atoms with E-state index in [1.54, 1.807) is 18.3 Å². The molecule has 1 heterocycles. The van der Waals surface area contributed by atoms with E-state index in [0.29, 0.717) is 23.9 Å². The molecule has 0 saturated carbocycles. The van der Waals surface area contributed by atoms with Crippen LogP contribution >= 0.6 is 11.6 Å². The van der Waals surface area contributed by atoms with Gasteiger partial charge in [-0.2, -0.15) is 0 Å². The summed E-state index contributed by atoms with van der Waals surface area (Å²) in [4.78, 5) is 4.17. The van der Waals surface area contributed by atoms with E-state index in [9.17, 15) is 4.39 Å². The number of hydrogen-bond donors (Lipinski definition) is 1. The van der Waals surface area contributed by atoms with Crippen molar-refractivity contribution in [2.24, 2.45) is 0 Å². The SMILES string of the molecule is CCOc1cccnc1Nc1ccc(F)c(Cl)c1. The summed E-state index contributed by atoms with van der Waals surface area (Å²) in [5.41, 5.74) is 0.654. The summed E-state index contributed by atoms with van der Waals surface area (Å²) in [5, 5.41) is 3.10. The molecule has 0 bridgehead atoms. The zero-order chi connectivity index (χ0) is 13.0. The molecule has 2 aromatic rings. The Bertz CT molecular complexity index is 548. The van der Waals surface area contributed by atoms with Crippen LogP contribution in [0.25, 0.3) is 0 Å². The second-order valence-electron chi connectivity index (χ2n) is 3.54. The van der Waals surface area contributed by atoms with Gasteiger partial charge in [-0.25, -0.2) is 9.37 Å². The number of hydrogen-bond acceptors (Lipinski definition) is 3. The third-order valence-electron chi connectivity index (χ3n) is 2.25. The summed E-state index contributed by atoms with van der Waals surface area (Å²) in [6, 6.07) is 7.98. The number of aromatic nitrogens is 1. The molecule has 0 aliphatic rings. The van der Waals surface area contributed by atoms with Crippen molar-refractivity contribution in [3.63, 3.8) is 0 Å². The summed E-state index contributed by atoms with van der Waals surface area (Å²) < 4.78 is 18.5. The van der Waals surface area contributed by atoms with Gasteiger partial charge in [-0.1, -0.05) is 11.6 Å². The fourth-order valence-corrected chi connectivity index (χ4v) is 1.65. The van der Waals surface area contributed by atoms with Crippen LogP contribution in [-0.4, -0.2) is 11.6 Å². The number of benzene rings is 1. The molecule has 1 aromatic heterocycles. The zero-order valence-corrected chi connectivity index (χ0v) is 10.5. The van der Waals surface area contributed by atoms with E-state index in [1.807, 2.05) is 13.0 Å². The van der Waals surface area contributed by atoms with Gasteiger partial charge >= 0.3 is 0 Å². The second kappa shape index (κ2) is 5.69. The third-order valence-corrected chi connectivity index (χ3v) is 2.54. The molecule has 5 heteroatoms. The number of pyridine rings is 1. The lowest BCUT2D eigenvalue weighted by Gasteiger charge is -2.11. The van der Waals surface area contributed by atoms with E-state index >= 15 is 0 Å². The highest BCUT2D eigenvalue weighted by atomic mass is 35.5. The molecule has 0 aliphatic carbocycles. The average molecular weight is 267 g/mol. The largest absolute Gasteiger partial charge is 0.490 e. The third kappa shape index (κ3) is 2.90. The van der Waals surface area contributed by atoms with Crippen molar-refractivity contribution in [1.29, 1.82) is 0 Å². The fourth-order valence-electron chi connectivity index (χ4n) is 1.47. The van der Waals surface area contributed by atoms with Gasteiger partial charge in [-0.05, 0) is 37.3 Å². The number of nitrogens with one attached hydrogen (secondary N) is 1. The molecule has 94 valence electrons. The summed E-state index contributed by atoms with van der Waals surface area (Å²) >= 11 is 5.71. The average Bonchev–Trinajstić information content (AvgIpc) is 2.37. The lowest BCUT2D eigenvalue weighted by atomic mass is 10.3. The Balaban J connectivity index is 2.25. The van der Waals surface area contributed by atoms with Gasteiger partial charge in [-0.15, -0.1) is 0 Å². The monoisotopic (exact) mass is 266 g/mol. The van der Waals surface area contributed by atoms with Crippen LogP contribution in [0.4, 0.5) is 15.9 Å². The van der Waals surface area contributed by atoms with Gasteiger partial charge in [-0.3, -0.25) is 0 Å². The predicted molar refractivity (Wildman–Crippen MR) is 70.1 cm³/mol. The van der Waals surface area contributed by atoms with Gasteiger partial charge in [0.2, 0.25) is 0 Å². The molecule has 0 aliphatic heterocycles. The first-order valence-corrected chi connectivity index (χ1v) is 5.88. The van der Waals surface area contributed by atoms with Crippen LogP contribution in [0.2, 0.25) is 5.02 Å². The zero-order valence-electron chi connectivity index (χ0n) is 9.78. The highest BCUT2D eigenvalue weighted by Gasteiger charge is 2.06. The van der Waals surface area contributed by atoms with Crippen molar-refractivity contribution in [2.75, 3.05) is 11.9 Å². The second-order valence-corrected chi connectivity index (χ2v) is 3.94. The summed E-state index contributed by atoms with van der Waals surface area (Å²) in [6.45, 7) is 2.44. The standard InChI is InChI=1S/C13H12ClFN2O/c1-2-18-12-4-3-7-16-13(12)17-9-5-6-11(15)10(14)8-9/h3-8H,2H2,1H3,(H,16,17). The molecule has 2 rings (SSSR count). The predicted octanol–water partition coefficient (Wildman–Crippen LogP) is 4.02. The summed E-state index contributed by atoms with van der Waals surface area (Å²) in [6.07, 6.45) is 1.65. The Kier molecular flexibility index (Phi) is 3.99.